The van der Waals surface area contributed by atoms with Gasteiger partial charge < -0.3 is 10.2 Å². The number of benzene rings is 1. The Hall–Kier alpha value is -3.39. The van der Waals surface area contributed by atoms with Crippen LogP contribution in [0.1, 0.15) is 12.8 Å². The van der Waals surface area contributed by atoms with Crippen molar-refractivity contribution in [2.45, 2.75) is 24.9 Å². The number of rotatable bonds is 3. The van der Waals surface area contributed by atoms with Gasteiger partial charge in [-0.3, -0.25) is 9.55 Å². The molecule has 0 unspecified atom stereocenters. The lowest BCUT2D eigenvalue weighted by Crippen LogP contribution is -2.61. The van der Waals surface area contributed by atoms with E-state index in [1.54, 1.807) is 17.0 Å². The van der Waals surface area contributed by atoms with Crippen LogP contribution in [0.15, 0.2) is 54.9 Å². The SMILES string of the molecule is Fc1ccc(F)c(-c2nc3ccc(N4C[C@H]5CC[C@@H]4CN5)nc3n2-c2ccncc2)c1. The van der Waals surface area contributed by atoms with Crippen LogP contribution in [-0.2, 0) is 0 Å². The number of fused-ring (bicyclic) bond motifs is 4. The Morgan fingerprint density at radius 2 is 1.84 bits per heavy atom. The molecule has 3 fully saturated rings. The molecule has 2 bridgehead atoms. The van der Waals surface area contributed by atoms with E-state index in [0.717, 1.165) is 43.1 Å². The first-order valence-corrected chi connectivity index (χ1v) is 10.4. The summed E-state index contributed by atoms with van der Waals surface area (Å²) in [5.41, 5.74) is 2.07. The molecular formula is C23H20F2N6. The molecule has 3 aliphatic heterocycles. The Morgan fingerprint density at radius 1 is 0.968 bits per heavy atom. The molecule has 0 radical (unpaired) electrons. The van der Waals surface area contributed by atoms with Gasteiger partial charge in [-0.05, 0) is 55.3 Å². The number of piperazine rings is 1. The third kappa shape index (κ3) is 3.06. The topological polar surface area (TPSA) is 58.9 Å². The molecule has 0 spiro atoms. The Labute approximate surface area is 177 Å². The first kappa shape index (κ1) is 18.4. The molecular weight excluding hydrogens is 398 g/mol. The quantitative estimate of drug-likeness (QED) is 0.550. The van der Waals surface area contributed by atoms with Gasteiger partial charge in [-0.1, -0.05) is 0 Å². The molecule has 1 N–H and O–H groups in total. The minimum Gasteiger partial charge on any atom is -0.351 e. The van der Waals surface area contributed by atoms with E-state index in [1.165, 1.54) is 12.5 Å². The summed E-state index contributed by atoms with van der Waals surface area (Å²) in [6, 6.07) is 11.8. The van der Waals surface area contributed by atoms with Crippen LogP contribution >= 0.6 is 0 Å². The lowest BCUT2D eigenvalue weighted by Gasteiger charge is -2.46. The highest BCUT2D eigenvalue weighted by atomic mass is 19.1. The maximum Gasteiger partial charge on any atom is 0.167 e. The summed E-state index contributed by atoms with van der Waals surface area (Å²) >= 11 is 0. The zero-order valence-corrected chi connectivity index (χ0v) is 16.7. The van der Waals surface area contributed by atoms with E-state index in [0.29, 0.717) is 29.1 Å². The molecule has 156 valence electrons. The van der Waals surface area contributed by atoms with Crippen molar-refractivity contribution in [3.05, 3.63) is 66.5 Å². The third-order valence-corrected chi connectivity index (χ3v) is 6.22. The molecule has 6 heterocycles. The summed E-state index contributed by atoms with van der Waals surface area (Å²) in [7, 11) is 0. The number of anilines is 1. The molecule has 3 saturated heterocycles. The molecule has 0 saturated carbocycles. The van der Waals surface area contributed by atoms with Crippen LogP contribution in [0.25, 0.3) is 28.2 Å². The summed E-state index contributed by atoms with van der Waals surface area (Å²) in [6.45, 7) is 1.87. The Morgan fingerprint density at radius 3 is 2.58 bits per heavy atom. The fourth-order valence-electron chi connectivity index (χ4n) is 4.68. The summed E-state index contributed by atoms with van der Waals surface area (Å²) < 4.78 is 30.4. The molecule has 3 aliphatic rings. The van der Waals surface area contributed by atoms with Gasteiger partial charge in [0.25, 0.3) is 0 Å². The molecule has 0 amide bonds. The number of halogens is 2. The van der Waals surface area contributed by atoms with E-state index in [-0.39, 0.29) is 5.56 Å². The molecule has 8 heteroatoms. The number of piperidine rings is 2. The number of hydrogen-bond donors (Lipinski definition) is 1. The van der Waals surface area contributed by atoms with E-state index < -0.39 is 11.6 Å². The molecule has 31 heavy (non-hydrogen) atoms. The summed E-state index contributed by atoms with van der Waals surface area (Å²) in [5.74, 6) is 0.136. The largest absolute Gasteiger partial charge is 0.351 e. The van der Waals surface area contributed by atoms with Crippen LogP contribution in [0.5, 0.6) is 0 Å². The Balaban J connectivity index is 1.57. The zero-order chi connectivity index (χ0) is 20.9. The highest BCUT2D eigenvalue weighted by Crippen LogP contribution is 2.33. The molecule has 0 aliphatic carbocycles. The molecule has 7 rings (SSSR count). The summed E-state index contributed by atoms with van der Waals surface area (Å²) in [4.78, 5) is 16.0. The third-order valence-electron chi connectivity index (χ3n) is 6.22. The van der Waals surface area contributed by atoms with Crippen molar-refractivity contribution >= 4 is 17.0 Å². The average molecular weight is 418 g/mol. The number of imidazole rings is 1. The van der Waals surface area contributed by atoms with Gasteiger partial charge in [-0.2, -0.15) is 0 Å². The molecule has 2 atom stereocenters. The van der Waals surface area contributed by atoms with Gasteiger partial charge in [0, 0.05) is 37.6 Å². The zero-order valence-electron chi connectivity index (χ0n) is 16.7. The highest BCUT2D eigenvalue weighted by molar-refractivity contribution is 5.81. The minimum absolute atomic E-state index is 0.0950. The number of nitrogens with one attached hydrogen (secondary N) is 1. The van der Waals surface area contributed by atoms with Crippen LogP contribution < -0.4 is 10.2 Å². The average Bonchev–Trinajstić information content (AvgIpc) is 3.20. The predicted molar refractivity (Wildman–Crippen MR) is 114 cm³/mol. The standard InChI is InChI=1S/C23H20F2N6/c24-14-1-4-19(25)18(11-14)22-28-20-5-6-21(30-13-15-2-3-17(30)12-27-15)29-23(20)31(22)16-7-9-26-10-8-16/h1,4-11,15,17,27H,2-3,12-13H2/t15-,17-/m1/s1. The summed E-state index contributed by atoms with van der Waals surface area (Å²) in [5, 5.41) is 3.56. The van der Waals surface area contributed by atoms with Gasteiger partial charge in [-0.25, -0.2) is 18.7 Å². The number of pyridine rings is 2. The lowest BCUT2D eigenvalue weighted by molar-refractivity contribution is 0.289. The Kier molecular flexibility index (Phi) is 4.21. The normalized spacial score (nSPS) is 20.5. The number of hydrogen-bond acceptors (Lipinski definition) is 5. The van der Waals surface area contributed by atoms with Gasteiger partial charge in [0.1, 0.15) is 28.8 Å². The fourth-order valence-corrected chi connectivity index (χ4v) is 4.68. The Bertz CT molecular complexity index is 1260. The molecule has 3 aromatic heterocycles. The number of aromatic nitrogens is 4. The van der Waals surface area contributed by atoms with Crippen molar-refractivity contribution < 1.29 is 8.78 Å². The van der Waals surface area contributed by atoms with E-state index in [1.807, 2.05) is 24.3 Å². The number of nitrogens with zero attached hydrogens (tertiary/aromatic N) is 5. The predicted octanol–water partition coefficient (Wildman–Crippen LogP) is 3.70. The van der Waals surface area contributed by atoms with Crippen molar-refractivity contribution in [2.75, 3.05) is 18.0 Å². The van der Waals surface area contributed by atoms with Gasteiger partial charge in [0.05, 0.1) is 11.3 Å². The summed E-state index contributed by atoms with van der Waals surface area (Å²) in [6.07, 6.45) is 5.64. The molecule has 4 aromatic rings. The van der Waals surface area contributed by atoms with E-state index in [9.17, 15) is 8.78 Å². The maximum atomic E-state index is 14.7. The van der Waals surface area contributed by atoms with Crippen LogP contribution in [0.3, 0.4) is 0 Å². The van der Waals surface area contributed by atoms with Crippen molar-refractivity contribution in [1.29, 1.82) is 0 Å². The van der Waals surface area contributed by atoms with Crippen molar-refractivity contribution in [1.82, 2.24) is 24.8 Å². The highest BCUT2D eigenvalue weighted by Gasteiger charge is 2.34. The monoisotopic (exact) mass is 418 g/mol. The van der Waals surface area contributed by atoms with Gasteiger partial charge >= 0.3 is 0 Å². The van der Waals surface area contributed by atoms with E-state index in [2.05, 4.69) is 20.2 Å². The van der Waals surface area contributed by atoms with Crippen LogP contribution in [0, 0.1) is 11.6 Å². The fraction of sp³-hybridized carbons (Fsp3) is 0.261. The van der Waals surface area contributed by atoms with Crippen molar-refractivity contribution in [3.63, 3.8) is 0 Å². The van der Waals surface area contributed by atoms with Crippen molar-refractivity contribution in [3.8, 4) is 17.1 Å². The van der Waals surface area contributed by atoms with Gasteiger partial charge in [-0.15, -0.1) is 0 Å². The first-order chi connectivity index (χ1) is 15.2. The van der Waals surface area contributed by atoms with Crippen LogP contribution in [-0.4, -0.2) is 44.7 Å². The molecule has 1 aromatic carbocycles. The van der Waals surface area contributed by atoms with E-state index >= 15 is 0 Å². The second-order valence-electron chi connectivity index (χ2n) is 8.10. The smallest absolute Gasteiger partial charge is 0.167 e. The first-order valence-electron chi connectivity index (χ1n) is 10.4. The van der Waals surface area contributed by atoms with Crippen LogP contribution in [0.4, 0.5) is 14.6 Å². The van der Waals surface area contributed by atoms with Crippen molar-refractivity contribution in [2.24, 2.45) is 0 Å². The van der Waals surface area contributed by atoms with Gasteiger partial charge in [0.2, 0.25) is 0 Å². The maximum absolute atomic E-state index is 14.7. The second-order valence-corrected chi connectivity index (χ2v) is 8.10. The van der Waals surface area contributed by atoms with E-state index in [4.69, 9.17) is 4.98 Å². The van der Waals surface area contributed by atoms with Gasteiger partial charge in [0.15, 0.2) is 5.65 Å². The molecule has 6 nitrogen and oxygen atoms in total. The van der Waals surface area contributed by atoms with Crippen LogP contribution in [0.2, 0.25) is 0 Å². The second kappa shape index (κ2) is 7.09. The minimum atomic E-state index is -0.536. The lowest BCUT2D eigenvalue weighted by atomic mass is 9.93.